The van der Waals surface area contributed by atoms with Gasteiger partial charge in [-0.1, -0.05) is 0 Å². The molecule has 1 aromatic heterocycles. The van der Waals surface area contributed by atoms with Crippen LogP contribution in [0.4, 0.5) is 18.9 Å². The van der Waals surface area contributed by atoms with Crippen LogP contribution >= 0.6 is 0 Å². The maximum atomic E-state index is 13.6. The lowest BCUT2D eigenvalue weighted by atomic mass is 10.1. The van der Waals surface area contributed by atoms with Gasteiger partial charge in [0.05, 0.1) is 11.0 Å². The van der Waals surface area contributed by atoms with E-state index in [1.54, 1.807) is 0 Å². The summed E-state index contributed by atoms with van der Waals surface area (Å²) < 4.78 is 44.5. The summed E-state index contributed by atoms with van der Waals surface area (Å²) in [6, 6.07) is 2.41. The van der Waals surface area contributed by atoms with Gasteiger partial charge in [0.15, 0.2) is 29.5 Å². The third-order valence-corrected chi connectivity index (χ3v) is 2.33. The Morgan fingerprint density at radius 1 is 1.21 bits per heavy atom. The number of nitro benzene ring substituents is 1. The van der Waals surface area contributed by atoms with E-state index in [1.165, 1.54) is 0 Å². The molecule has 19 heavy (non-hydrogen) atoms. The molecule has 0 saturated heterocycles. The molecule has 5 nitrogen and oxygen atoms in total. The number of benzene rings is 1. The third kappa shape index (κ3) is 2.07. The van der Waals surface area contributed by atoms with E-state index in [-0.39, 0.29) is 18.1 Å². The zero-order valence-corrected chi connectivity index (χ0v) is 9.02. The van der Waals surface area contributed by atoms with E-state index in [0.29, 0.717) is 0 Å². The number of nitro groups is 1. The first-order valence-electron chi connectivity index (χ1n) is 4.83. The molecule has 0 atom stereocenters. The maximum absolute atomic E-state index is 13.6. The number of carbonyl (C=O) groups is 1. The molecule has 0 amide bonds. The largest absolute Gasteiger partial charge is 0.453 e. The molecule has 98 valence electrons. The quantitative estimate of drug-likeness (QED) is 0.372. The van der Waals surface area contributed by atoms with Crippen molar-refractivity contribution < 1.29 is 27.3 Å². The van der Waals surface area contributed by atoms with E-state index in [0.717, 1.165) is 12.1 Å². The van der Waals surface area contributed by atoms with Crippen molar-refractivity contribution >= 4 is 12.0 Å². The van der Waals surface area contributed by atoms with Gasteiger partial charge in [-0.3, -0.25) is 14.9 Å². The molecule has 1 heterocycles. The fourth-order valence-corrected chi connectivity index (χ4v) is 1.51. The van der Waals surface area contributed by atoms with Crippen LogP contribution in [0.2, 0.25) is 0 Å². The van der Waals surface area contributed by atoms with Gasteiger partial charge in [-0.2, -0.15) is 0 Å². The monoisotopic (exact) mass is 271 g/mol. The summed E-state index contributed by atoms with van der Waals surface area (Å²) in [6.45, 7) is 0. The second-order valence-electron chi connectivity index (χ2n) is 3.46. The van der Waals surface area contributed by atoms with Gasteiger partial charge >= 0.3 is 0 Å². The number of hydrogen-bond acceptors (Lipinski definition) is 4. The van der Waals surface area contributed by atoms with Crippen LogP contribution in [0.25, 0.3) is 11.3 Å². The highest BCUT2D eigenvalue weighted by Crippen LogP contribution is 2.35. The SMILES string of the molecule is O=Cc1ccc(-c2c([N+](=O)[O-])cc(F)c(F)c2F)o1. The van der Waals surface area contributed by atoms with Gasteiger partial charge in [-0.05, 0) is 12.1 Å². The summed E-state index contributed by atoms with van der Waals surface area (Å²) in [7, 11) is 0. The summed E-state index contributed by atoms with van der Waals surface area (Å²) in [5.74, 6) is -5.96. The van der Waals surface area contributed by atoms with E-state index in [1.807, 2.05) is 0 Å². The molecule has 2 aromatic rings. The Balaban J connectivity index is 2.76. The van der Waals surface area contributed by atoms with Crippen LogP contribution in [0.5, 0.6) is 0 Å². The second kappa shape index (κ2) is 4.56. The Bertz CT molecular complexity index is 681. The van der Waals surface area contributed by atoms with Gasteiger partial charge in [0.2, 0.25) is 0 Å². The van der Waals surface area contributed by atoms with Crippen LogP contribution in [0, 0.1) is 27.6 Å². The molecule has 0 saturated carbocycles. The zero-order chi connectivity index (χ0) is 14.2. The van der Waals surface area contributed by atoms with Gasteiger partial charge in [0, 0.05) is 0 Å². The van der Waals surface area contributed by atoms with Gasteiger partial charge in [-0.15, -0.1) is 0 Å². The Morgan fingerprint density at radius 3 is 2.42 bits per heavy atom. The molecule has 0 bridgehead atoms. The van der Waals surface area contributed by atoms with Gasteiger partial charge < -0.3 is 4.42 Å². The average Bonchev–Trinajstić information content (AvgIpc) is 2.83. The van der Waals surface area contributed by atoms with Crippen LogP contribution in [-0.2, 0) is 0 Å². The summed E-state index contributed by atoms with van der Waals surface area (Å²) in [4.78, 5) is 20.1. The van der Waals surface area contributed by atoms with Crippen molar-refractivity contribution in [2.45, 2.75) is 0 Å². The highest BCUT2D eigenvalue weighted by Gasteiger charge is 2.28. The van der Waals surface area contributed by atoms with E-state index in [2.05, 4.69) is 0 Å². The highest BCUT2D eigenvalue weighted by atomic mass is 19.2. The molecule has 0 N–H and O–H groups in total. The second-order valence-corrected chi connectivity index (χ2v) is 3.46. The molecule has 0 aliphatic carbocycles. The lowest BCUT2D eigenvalue weighted by molar-refractivity contribution is -0.384. The molecule has 0 spiro atoms. The van der Waals surface area contributed by atoms with Crippen LogP contribution in [0.1, 0.15) is 10.6 Å². The minimum Gasteiger partial charge on any atom is -0.453 e. The van der Waals surface area contributed by atoms with Crippen LogP contribution in [0.3, 0.4) is 0 Å². The van der Waals surface area contributed by atoms with Crippen LogP contribution in [0.15, 0.2) is 22.6 Å². The van der Waals surface area contributed by atoms with Crippen molar-refractivity contribution in [1.82, 2.24) is 0 Å². The van der Waals surface area contributed by atoms with Gasteiger partial charge in [0.25, 0.3) is 5.69 Å². The van der Waals surface area contributed by atoms with Crippen molar-refractivity contribution in [3.63, 3.8) is 0 Å². The van der Waals surface area contributed by atoms with E-state index in [9.17, 15) is 28.1 Å². The van der Waals surface area contributed by atoms with Crippen LogP contribution < -0.4 is 0 Å². The molecule has 0 aliphatic heterocycles. The molecule has 0 aliphatic rings. The molecule has 0 fully saturated rings. The lowest BCUT2D eigenvalue weighted by Gasteiger charge is -2.03. The minimum atomic E-state index is -1.86. The molecule has 1 aromatic carbocycles. The maximum Gasteiger partial charge on any atom is 0.286 e. The number of rotatable bonds is 3. The lowest BCUT2D eigenvalue weighted by Crippen LogP contribution is -2.00. The fraction of sp³-hybridized carbons (Fsp3) is 0. The first-order valence-corrected chi connectivity index (χ1v) is 4.83. The minimum absolute atomic E-state index is 0.228. The smallest absolute Gasteiger partial charge is 0.286 e. The number of hydrogen-bond donors (Lipinski definition) is 0. The van der Waals surface area contributed by atoms with E-state index < -0.39 is 39.4 Å². The molecule has 0 unspecified atom stereocenters. The first kappa shape index (κ1) is 12.8. The zero-order valence-electron chi connectivity index (χ0n) is 9.02. The third-order valence-electron chi connectivity index (χ3n) is 2.33. The first-order chi connectivity index (χ1) is 8.95. The van der Waals surface area contributed by atoms with Crippen molar-refractivity contribution in [1.29, 1.82) is 0 Å². The van der Waals surface area contributed by atoms with Gasteiger partial charge in [0.1, 0.15) is 11.3 Å². The number of halogens is 3. The number of nitrogens with zero attached hydrogens (tertiary/aromatic N) is 1. The molecule has 2 rings (SSSR count). The van der Waals surface area contributed by atoms with Crippen molar-refractivity contribution in [3.05, 3.63) is 51.5 Å². The number of carbonyl (C=O) groups excluding carboxylic acids is 1. The van der Waals surface area contributed by atoms with Crippen LogP contribution in [-0.4, -0.2) is 11.2 Å². The van der Waals surface area contributed by atoms with E-state index >= 15 is 0 Å². The topological polar surface area (TPSA) is 73.3 Å². The summed E-state index contributed by atoms with van der Waals surface area (Å²) in [5, 5.41) is 10.7. The molecular weight excluding hydrogens is 267 g/mol. The van der Waals surface area contributed by atoms with Crippen molar-refractivity contribution in [2.75, 3.05) is 0 Å². The normalized spacial score (nSPS) is 10.5. The Morgan fingerprint density at radius 2 is 1.89 bits per heavy atom. The highest BCUT2D eigenvalue weighted by molar-refractivity contribution is 5.75. The predicted molar refractivity (Wildman–Crippen MR) is 56.1 cm³/mol. The van der Waals surface area contributed by atoms with Crippen molar-refractivity contribution in [3.8, 4) is 11.3 Å². The Labute approximate surface area is 103 Å². The van der Waals surface area contributed by atoms with Gasteiger partial charge in [-0.25, -0.2) is 13.2 Å². The predicted octanol–water partition coefficient (Wildman–Crippen LogP) is 3.08. The number of furan rings is 1. The summed E-state index contributed by atoms with van der Waals surface area (Å²) in [6.07, 6.45) is 0.285. The Hall–Kier alpha value is -2.64. The molecular formula is C11H4F3NO4. The van der Waals surface area contributed by atoms with E-state index in [4.69, 9.17) is 4.42 Å². The standard InChI is InChI=1S/C11H4F3NO4/c12-6-3-7(15(17)18)9(11(14)10(6)13)8-2-1-5(4-16)19-8/h1-4H. The number of aldehydes is 1. The summed E-state index contributed by atoms with van der Waals surface area (Å²) in [5.41, 5.74) is -1.85. The van der Waals surface area contributed by atoms with Crippen molar-refractivity contribution in [2.24, 2.45) is 0 Å². The Kier molecular flexibility index (Phi) is 3.07. The molecule has 8 heteroatoms. The summed E-state index contributed by atoms with van der Waals surface area (Å²) >= 11 is 0. The average molecular weight is 271 g/mol. The fourth-order valence-electron chi connectivity index (χ4n) is 1.51. The molecule has 0 radical (unpaired) electrons.